The quantitative estimate of drug-likeness (QED) is 0.0321. The van der Waals surface area contributed by atoms with Gasteiger partial charge in [0.15, 0.2) is 0 Å². The number of carbonyl (C=O) groups excluding carboxylic acids is 2. The van der Waals surface area contributed by atoms with E-state index in [1.54, 1.807) is 6.08 Å². The highest BCUT2D eigenvalue weighted by Crippen LogP contribution is 2.16. The number of hydrogen-bond acceptors (Lipinski definition) is 5. The van der Waals surface area contributed by atoms with Crippen LogP contribution in [0, 0.1) is 0 Å². The predicted molar refractivity (Wildman–Crippen MR) is 296 cm³/mol. The molecule has 0 aliphatic rings. The zero-order chi connectivity index (χ0) is 49.3. The number of rotatable bonds is 56. The topological polar surface area (TPSA) is 95.9 Å². The van der Waals surface area contributed by atoms with Gasteiger partial charge in [0.1, 0.15) is 0 Å². The third-order valence-corrected chi connectivity index (χ3v) is 13.9. The molecule has 1 amide bonds. The molecule has 6 nitrogen and oxygen atoms in total. The summed E-state index contributed by atoms with van der Waals surface area (Å²) in [6.07, 6.45) is 71.9. The van der Waals surface area contributed by atoms with E-state index in [0.29, 0.717) is 19.4 Å². The Hall–Kier alpha value is -1.92. The predicted octanol–water partition coefficient (Wildman–Crippen LogP) is 18.8. The van der Waals surface area contributed by atoms with Crippen molar-refractivity contribution in [2.75, 3.05) is 13.2 Å². The van der Waals surface area contributed by atoms with Gasteiger partial charge in [0.2, 0.25) is 5.91 Å². The molecule has 400 valence electrons. The second-order valence-corrected chi connectivity index (χ2v) is 20.7. The molecular weight excluding hydrogens is 839 g/mol. The first-order valence-corrected chi connectivity index (χ1v) is 30.3. The third kappa shape index (κ3) is 53.4. The molecule has 68 heavy (non-hydrogen) atoms. The first-order valence-electron chi connectivity index (χ1n) is 30.3. The number of esters is 1. The lowest BCUT2D eigenvalue weighted by atomic mass is 10.0. The Morgan fingerprint density at radius 3 is 1.04 bits per heavy atom. The van der Waals surface area contributed by atoms with Crippen LogP contribution in [0.1, 0.15) is 322 Å². The number of nitrogens with one attached hydrogen (secondary N) is 1. The number of carbonyl (C=O) groups is 2. The molecule has 0 aliphatic carbocycles. The lowest BCUT2D eigenvalue weighted by Gasteiger charge is -2.20. The van der Waals surface area contributed by atoms with Gasteiger partial charge < -0.3 is 20.3 Å². The smallest absolute Gasteiger partial charge is 0.305 e. The molecule has 0 rings (SSSR count). The van der Waals surface area contributed by atoms with Gasteiger partial charge in [-0.25, -0.2) is 0 Å². The fourth-order valence-corrected chi connectivity index (χ4v) is 9.21. The van der Waals surface area contributed by atoms with Gasteiger partial charge in [0.05, 0.1) is 25.4 Å². The second kappa shape index (κ2) is 57.7. The van der Waals surface area contributed by atoms with Crippen molar-refractivity contribution >= 4 is 11.9 Å². The van der Waals surface area contributed by atoms with Gasteiger partial charge in [-0.05, 0) is 83.5 Å². The molecule has 6 heteroatoms. The maximum absolute atomic E-state index is 12.4. The molecule has 0 bridgehead atoms. The fourth-order valence-electron chi connectivity index (χ4n) is 9.21. The highest BCUT2D eigenvalue weighted by atomic mass is 16.5. The Morgan fingerprint density at radius 2 is 0.691 bits per heavy atom. The molecule has 3 N–H and O–H groups in total. The molecule has 0 radical (unpaired) electrons. The zero-order valence-electron chi connectivity index (χ0n) is 45.6. The monoisotopic (exact) mass is 956 g/mol. The summed E-state index contributed by atoms with van der Waals surface area (Å²) in [5.41, 5.74) is 0. The SMILES string of the molecule is CCCCCCCC/C=C\CCCCCCCC(=O)OCCCCCCCCCCCCCC/C=C\CCCCCCCCCCCCC(=O)NC(CO)C(O)/C=C/CCCCCCCCCC. The molecule has 0 saturated carbocycles. The Balaban J connectivity index is 3.38. The van der Waals surface area contributed by atoms with E-state index >= 15 is 0 Å². The fraction of sp³-hybridized carbons (Fsp3) is 0.871. The summed E-state index contributed by atoms with van der Waals surface area (Å²) in [7, 11) is 0. The molecule has 0 aromatic heterocycles. The minimum Gasteiger partial charge on any atom is -0.466 e. The summed E-state index contributed by atoms with van der Waals surface area (Å²) in [4.78, 5) is 24.4. The van der Waals surface area contributed by atoms with Crippen LogP contribution in [0.15, 0.2) is 36.5 Å². The molecule has 0 saturated heterocycles. The standard InChI is InChI=1S/C62H117NO5/c1-3-5-7-9-11-13-15-16-29-33-36-40-44-48-52-56-62(67)68-57-53-49-45-41-37-34-31-28-26-24-22-20-18-17-19-21-23-25-27-30-32-35-39-43-47-51-55-61(66)63-59(58-64)60(65)54-50-46-42-38-14-12-10-8-6-4-2/h16-17,19,29,50,54,59-60,64-65H,3-15,18,20-28,30-49,51-53,55-58H2,1-2H3,(H,63,66)/b19-17-,29-16-,54-50+. The van der Waals surface area contributed by atoms with Crippen molar-refractivity contribution in [2.45, 2.75) is 334 Å². The van der Waals surface area contributed by atoms with Gasteiger partial charge in [-0.15, -0.1) is 0 Å². The lowest BCUT2D eigenvalue weighted by Crippen LogP contribution is -2.45. The van der Waals surface area contributed by atoms with Crippen LogP contribution >= 0.6 is 0 Å². The van der Waals surface area contributed by atoms with Crippen LogP contribution in [-0.4, -0.2) is 47.4 Å². The molecule has 2 unspecified atom stereocenters. The van der Waals surface area contributed by atoms with Crippen molar-refractivity contribution in [3.05, 3.63) is 36.5 Å². The van der Waals surface area contributed by atoms with Crippen molar-refractivity contribution in [2.24, 2.45) is 0 Å². The van der Waals surface area contributed by atoms with E-state index < -0.39 is 12.1 Å². The van der Waals surface area contributed by atoms with E-state index in [1.807, 2.05) is 6.08 Å². The van der Waals surface area contributed by atoms with Crippen molar-refractivity contribution < 1.29 is 24.5 Å². The number of amides is 1. The van der Waals surface area contributed by atoms with Crippen molar-refractivity contribution in [3.8, 4) is 0 Å². The Morgan fingerprint density at radius 1 is 0.397 bits per heavy atom. The summed E-state index contributed by atoms with van der Waals surface area (Å²) in [6.45, 7) is 4.88. The Labute approximate surface area is 424 Å². The average Bonchev–Trinajstić information content (AvgIpc) is 3.34. The molecule has 0 heterocycles. The lowest BCUT2D eigenvalue weighted by molar-refractivity contribution is -0.143. The highest BCUT2D eigenvalue weighted by molar-refractivity contribution is 5.76. The van der Waals surface area contributed by atoms with Gasteiger partial charge in [-0.2, -0.15) is 0 Å². The maximum Gasteiger partial charge on any atom is 0.305 e. The largest absolute Gasteiger partial charge is 0.466 e. The number of aliphatic hydroxyl groups is 2. The molecule has 0 spiro atoms. The summed E-state index contributed by atoms with van der Waals surface area (Å²) in [5.74, 6) is -0.0659. The van der Waals surface area contributed by atoms with Crippen molar-refractivity contribution in [1.82, 2.24) is 5.32 Å². The number of ether oxygens (including phenoxy) is 1. The first kappa shape index (κ1) is 66.1. The van der Waals surface area contributed by atoms with Gasteiger partial charge in [-0.3, -0.25) is 9.59 Å². The minimum absolute atomic E-state index is 0.00571. The maximum atomic E-state index is 12.4. The highest BCUT2D eigenvalue weighted by Gasteiger charge is 2.18. The number of allylic oxidation sites excluding steroid dienone is 5. The zero-order valence-corrected chi connectivity index (χ0v) is 45.6. The van der Waals surface area contributed by atoms with E-state index in [4.69, 9.17) is 4.74 Å². The van der Waals surface area contributed by atoms with Crippen LogP contribution in [0.2, 0.25) is 0 Å². The van der Waals surface area contributed by atoms with E-state index in [9.17, 15) is 19.8 Å². The number of unbranched alkanes of at least 4 members (excludes halogenated alkanes) is 41. The number of aliphatic hydroxyl groups excluding tert-OH is 2. The minimum atomic E-state index is -0.844. The first-order chi connectivity index (χ1) is 33.5. The summed E-state index contributed by atoms with van der Waals surface area (Å²) >= 11 is 0. The van der Waals surface area contributed by atoms with Gasteiger partial charge in [0, 0.05) is 12.8 Å². The van der Waals surface area contributed by atoms with Crippen LogP contribution in [-0.2, 0) is 14.3 Å². The van der Waals surface area contributed by atoms with Gasteiger partial charge in [-0.1, -0.05) is 262 Å². The summed E-state index contributed by atoms with van der Waals surface area (Å²) in [5, 5.41) is 23.0. The second-order valence-electron chi connectivity index (χ2n) is 20.7. The van der Waals surface area contributed by atoms with E-state index in [-0.39, 0.29) is 18.5 Å². The van der Waals surface area contributed by atoms with Crippen molar-refractivity contribution in [3.63, 3.8) is 0 Å². The molecule has 2 atom stereocenters. The van der Waals surface area contributed by atoms with E-state index in [0.717, 1.165) is 44.9 Å². The molecule has 0 aromatic rings. The normalized spacial score (nSPS) is 12.8. The van der Waals surface area contributed by atoms with Crippen LogP contribution < -0.4 is 5.32 Å². The summed E-state index contributed by atoms with van der Waals surface area (Å²) in [6, 6.07) is -0.627. The summed E-state index contributed by atoms with van der Waals surface area (Å²) < 4.78 is 5.48. The third-order valence-electron chi connectivity index (χ3n) is 13.9. The molecule has 0 fully saturated rings. The Bertz CT molecular complexity index is 1100. The van der Waals surface area contributed by atoms with Crippen LogP contribution in [0.25, 0.3) is 0 Å². The van der Waals surface area contributed by atoms with Gasteiger partial charge >= 0.3 is 5.97 Å². The van der Waals surface area contributed by atoms with E-state index in [2.05, 4.69) is 43.5 Å². The number of hydrogen-bond donors (Lipinski definition) is 3. The van der Waals surface area contributed by atoms with Gasteiger partial charge in [0.25, 0.3) is 0 Å². The van der Waals surface area contributed by atoms with Crippen LogP contribution in [0.5, 0.6) is 0 Å². The Kier molecular flexibility index (Phi) is 56.0. The van der Waals surface area contributed by atoms with Crippen LogP contribution in [0.3, 0.4) is 0 Å². The molecule has 0 aliphatic heterocycles. The average molecular weight is 957 g/mol. The van der Waals surface area contributed by atoms with Crippen LogP contribution in [0.4, 0.5) is 0 Å². The van der Waals surface area contributed by atoms with Crippen molar-refractivity contribution in [1.29, 1.82) is 0 Å². The molecular formula is C62H117NO5. The molecule has 0 aromatic carbocycles. The van der Waals surface area contributed by atoms with E-state index in [1.165, 1.54) is 250 Å².